The Morgan fingerprint density at radius 3 is 2.63 bits per heavy atom. The maximum atomic E-state index is 12.7. The number of pyridine rings is 1. The van der Waals surface area contributed by atoms with Crippen molar-refractivity contribution in [2.45, 2.75) is 12.3 Å². The van der Waals surface area contributed by atoms with Crippen molar-refractivity contribution in [3.05, 3.63) is 62.8 Å². The van der Waals surface area contributed by atoms with E-state index in [1.165, 1.54) is 29.2 Å². The van der Waals surface area contributed by atoms with Gasteiger partial charge in [-0.1, -0.05) is 17.7 Å². The van der Waals surface area contributed by atoms with E-state index in [-0.39, 0.29) is 35.2 Å². The molecule has 11 heteroatoms. The lowest BCUT2D eigenvalue weighted by atomic mass is 10.1. The molecule has 2 aromatic rings. The first-order valence-electron chi connectivity index (χ1n) is 7.59. The third-order valence-electron chi connectivity index (χ3n) is 3.83. The molecule has 0 unspecified atom stereocenters. The fourth-order valence-corrected chi connectivity index (χ4v) is 2.65. The zero-order chi connectivity index (χ0) is 19.8. The topological polar surface area (TPSA) is 85.6 Å². The minimum Gasteiger partial charge on any atom is -0.471 e. The number of hydrogen-bond acceptors (Lipinski definition) is 5. The van der Waals surface area contributed by atoms with E-state index in [9.17, 15) is 28.1 Å². The summed E-state index contributed by atoms with van der Waals surface area (Å²) in [7, 11) is 0. The van der Waals surface area contributed by atoms with E-state index in [2.05, 4.69) is 4.98 Å². The number of nitro benzene ring substituents is 1. The Morgan fingerprint density at radius 1 is 1.30 bits per heavy atom. The number of nitrogens with zero attached hydrogens (tertiary/aromatic N) is 3. The maximum Gasteiger partial charge on any atom is 0.433 e. The van der Waals surface area contributed by atoms with Crippen LogP contribution >= 0.6 is 11.6 Å². The number of likely N-dealkylation sites (tertiary alicyclic amines) is 1. The largest absolute Gasteiger partial charge is 0.471 e. The number of benzene rings is 1. The van der Waals surface area contributed by atoms with Gasteiger partial charge in [0.25, 0.3) is 11.6 Å². The van der Waals surface area contributed by atoms with Crippen LogP contribution < -0.4 is 4.74 Å². The molecule has 0 aliphatic carbocycles. The lowest BCUT2D eigenvalue weighted by Crippen LogP contribution is -2.56. The van der Waals surface area contributed by atoms with E-state index < -0.39 is 28.8 Å². The highest BCUT2D eigenvalue weighted by molar-refractivity contribution is 6.34. The first-order chi connectivity index (χ1) is 12.6. The van der Waals surface area contributed by atoms with Gasteiger partial charge >= 0.3 is 6.18 Å². The molecule has 27 heavy (non-hydrogen) atoms. The van der Waals surface area contributed by atoms with Crippen LogP contribution in [0, 0.1) is 10.1 Å². The number of amides is 1. The van der Waals surface area contributed by atoms with Crippen LogP contribution in [0.4, 0.5) is 18.9 Å². The van der Waals surface area contributed by atoms with Crippen LogP contribution in [0.2, 0.25) is 5.02 Å². The van der Waals surface area contributed by atoms with E-state index in [1.807, 2.05) is 0 Å². The summed E-state index contributed by atoms with van der Waals surface area (Å²) < 4.78 is 43.3. The van der Waals surface area contributed by atoms with Crippen molar-refractivity contribution in [1.29, 1.82) is 0 Å². The van der Waals surface area contributed by atoms with Crippen LogP contribution in [0.3, 0.4) is 0 Å². The molecule has 2 heterocycles. The number of aromatic nitrogens is 1. The summed E-state index contributed by atoms with van der Waals surface area (Å²) in [5, 5.41) is 10.9. The van der Waals surface area contributed by atoms with E-state index in [0.29, 0.717) is 0 Å². The monoisotopic (exact) mass is 401 g/mol. The van der Waals surface area contributed by atoms with Crippen LogP contribution in [0.1, 0.15) is 16.1 Å². The number of halogens is 4. The summed E-state index contributed by atoms with van der Waals surface area (Å²) in [4.78, 5) is 27.3. The number of non-ortho nitro benzene ring substituents is 1. The number of ether oxygens (including phenoxy) is 1. The van der Waals surface area contributed by atoms with Crippen LogP contribution in [-0.4, -0.2) is 39.9 Å². The average molecular weight is 402 g/mol. The smallest absolute Gasteiger partial charge is 0.433 e. The second kappa shape index (κ2) is 7.03. The summed E-state index contributed by atoms with van der Waals surface area (Å²) >= 11 is 5.93. The Kier molecular flexibility index (Phi) is 4.92. The summed E-state index contributed by atoms with van der Waals surface area (Å²) in [6, 6.07) is 6.81. The Morgan fingerprint density at radius 2 is 2.00 bits per heavy atom. The lowest BCUT2D eigenvalue weighted by molar-refractivity contribution is -0.384. The number of alkyl halides is 3. The first-order valence-corrected chi connectivity index (χ1v) is 7.97. The summed E-state index contributed by atoms with van der Waals surface area (Å²) in [6.07, 6.45) is -5.12. The van der Waals surface area contributed by atoms with Crippen molar-refractivity contribution < 1.29 is 27.6 Å². The molecule has 3 rings (SSSR count). The van der Waals surface area contributed by atoms with Crippen LogP contribution in [0.25, 0.3) is 0 Å². The van der Waals surface area contributed by atoms with Gasteiger partial charge < -0.3 is 9.64 Å². The molecule has 0 saturated carbocycles. The van der Waals surface area contributed by atoms with Crippen LogP contribution in [0.15, 0.2) is 36.4 Å². The number of carbonyl (C=O) groups excluding carboxylic acids is 1. The highest BCUT2D eigenvalue weighted by Gasteiger charge is 2.36. The van der Waals surface area contributed by atoms with Crippen molar-refractivity contribution in [2.24, 2.45) is 0 Å². The maximum absolute atomic E-state index is 12.7. The number of hydrogen-bond donors (Lipinski definition) is 0. The van der Waals surface area contributed by atoms with Gasteiger partial charge in [0.15, 0.2) is 0 Å². The number of rotatable bonds is 4. The molecule has 0 N–H and O–H groups in total. The molecule has 1 amide bonds. The highest BCUT2D eigenvalue weighted by atomic mass is 35.5. The standard InChI is InChI=1S/C16H11ClF3N3O4/c17-12-5-4-9(23(25)26)6-11(12)15(24)22-7-10(8-22)27-14-3-1-2-13(21-14)16(18,19)20/h1-6,10H,7-8H2. The predicted molar refractivity (Wildman–Crippen MR) is 87.7 cm³/mol. The molecule has 0 radical (unpaired) electrons. The van der Waals surface area contributed by atoms with Crippen molar-refractivity contribution in [3.8, 4) is 5.88 Å². The van der Waals surface area contributed by atoms with Gasteiger partial charge in [0.2, 0.25) is 5.88 Å². The van der Waals surface area contributed by atoms with Gasteiger partial charge in [-0.3, -0.25) is 14.9 Å². The molecule has 1 fully saturated rings. The van der Waals surface area contributed by atoms with E-state index in [4.69, 9.17) is 16.3 Å². The van der Waals surface area contributed by atoms with Gasteiger partial charge in [-0.15, -0.1) is 0 Å². The first kappa shape index (κ1) is 18.9. The Hall–Kier alpha value is -2.88. The SMILES string of the molecule is O=C(c1cc([N+](=O)[O-])ccc1Cl)N1CC(Oc2cccc(C(F)(F)F)n2)C1. The fourth-order valence-electron chi connectivity index (χ4n) is 2.45. The normalized spacial score (nSPS) is 14.6. The minimum absolute atomic E-state index is 0.0264. The summed E-state index contributed by atoms with van der Waals surface area (Å²) in [5.41, 5.74) is -1.37. The molecule has 1 aromatic carbocycles. The molecule has 0 atom stereocenters. The van der Waals surface area contributed by atoms with E-state index in [0.717, 1.165) is 12.1 Å². The molecule has 1 aromatic heterocycles. The predicted octanol–water partition coefficient (Wildman–Crippen LogP) is 3.57. The van der Waals surface area contributed by atoms with Crippen LogP contribution in [0.5, 0.6) is 5.88 Å². The zero-order valence-corrected chi connectivity index (χ0v) is 14.2. The number of carbonyl (C=O) groups is 1. The number of nitro groups is 1. The lowest BCUT2D eigenvalue weighted by Gasteiger charge is -2.38. The molecular formula is C16H11ClF3N3O4. The quantitative estimate of drug-likeness (QED) is 0.577. The third-order valence-corrected chi connectivity index (χ3v) is 4.16. The Balaban J connectivity index is 1.64. The van der Waals surface area contributed by atoms with Crippen molar-refractivity contribution in [3.63, 3.8) is 0 Å². The average Bonchev–Trinajstić information content (AvgIpc) is 2.57. The molecule has 1 aliphatic heterocycles. The summed E-state index contributed by atoms with van der Waals surface area (Å²) in [5.74, 6) is -0.726. The van der Waals surface area contributed by atoms with Gasteiger partial charge in [0, 0.05) is 18.2 Å². The van der Waals surface area contributed by atoms with Gasteiger partial charge in [-0.05, 0) is 12.1 Å². The molecular weight excluding hydrogens is 391 g/mol. The third kappa shape index (κ3) is 4.11. The molecule has 142 valence electrons. The van der Waals surface area contributed by atoms with Gasteiger partial charge in [-0.2, -0.15) is 13.2 Å². The van der Waals surface area contributed by atoms with Crippen LogP contribution in [-0.2, 0) is 6.18 Å². The molecule has 1 saturated heterocycles. The molecule has 7 nitrogen and oxygen atoms in total. The second-order valence-electron chi connectivity index (χ2n) is 5.73. The Labute approximate surface area is 155 Å². The van der Waals surface area contributed by atoms with Gasteiger partial charge in [0.1, 0.15) is 11.8 Å². The zero-order valence-electron chi connectivity index (χ0n) is 13.4. The fraction of sp³-hybridized carbons (Fsp3) is 0.250. The van der Waals surface area contributed by atoms with Gasteiger partial charge in [0.05, 0.1) is 28.6 Å². The van der Waals surface area contributed by atoms with E-state index in [1.54, 1.807) is 0 Å². The molecule has 0 spiro atoms. The summed E-state index contributed by atoms with van der Waals surface area (Å²) in [6.45, 7) is 0.186. The van der Waals surface area contributed by atoms with E-state index >= 15 is 0 Å². The molecule has 1 aliphatic rings. The molecule has 0 bridgehead atoms. The minimum atomic E-state index is -4.58. The van der Waals surface area contributed by atoms with Crippen molar-refractivity contribution in [2.75, 3.05) is 13.1 Å². The Bertz CT molecular complexity index is 901. The van der Waals surface area contributed by atoms with Gasteiger partial charge in [-0.25, -0.2) is 4.98 Å². The van der Waals surface area contributed by atoms with Crippen molar-refractivity contribution >= 4 is 23.2 Å². The highest BCUT2D eigenvalue weighted by Crippen LogP contribution is 2.30. The van der Waals surface area contributed by atoms with Crippen molar-refractivity contribution in [1.82, 2.24) is 9.88 Å². The second-order valence-corrected chi connectivity index (χ2v) is 6.14.